The van der Waals surface area contributed by atoms with E-state index in [9.17, 15) is 4.79 Å². The first-order valence-electron chi connectivity index (χ1n) is 7.42. The van der Waals surface area contributed by atoms with Crippen molar-refractivity contribution in [2.45, 2.75) is 51.6 Å². The first-order valence-corrected chi connectivity index (χ1v) is 7.42. The molecule has 20 heavy (non-hydrogen) atoms. The number of pyridine rings is 1. The van der Waals surface area contributed by atoms with Crippen LogP contribution in [0.15, 0.2) is 24.5 Å². The van der Waals surface area contributed by atoms with Gasteiger partial charge >= 0.3 is 0 Å². The van der Waals surface area contributed by atoms with E-state index in [1.165, 1.54) is 5.56 Å². The number of rotatable bonds is 4. The predicted molar refractivity (Wildman–Crippen MR) is 80.3 cm³/mol. The first kappa shape index (κ1) is 15.0. The van der Waals surface area contributed by atoms with Gasteiger partial charge in [-0.15, -0.1) is 0 Å². The first-order chi connectivity index (χ1) is 9.47. The van der Waals surface area contributed by atoms with Gasteiger partial charge in [0.25, 0.3) is 0 Å². The van der Waals surface area contributed by atoms with E-state index in [1.54, 1.807) is 12.4 Å². The Morgan fingerprint density at radius 3 is 2.75 bits per heavy atom. The highest BCUT2D eigenvalue weighted by molar-refractivity contribution is 5.77. The van der Waals surface area contributed by atoms with Gasteiger partial charge in [-0.1, -0.05) is 0 Å². The smallest absolute Gasteiger partial charge is 0.224 e. The molecule has 4 nitrogen and oxygen atoms in total. The van der Waals surface area contributed by atoms with Crippen molar-refractivity contribution in [2.24, 2.45) is 0 Å². The fourth-order valence-corrected chi connectivity index (χ4v) is 2.69. The number of aromatic nitrogens is 1. The molecule has 1 fully saturated rings. The van der Waals surface area contributed by atoms with Crippen LogP contribution in [0.25, 0.3) is 0 Å². The molecule has 0 aromatic carbocycles. The Bertz CT molecular complexity index is 439. The van der Waals surface area contributed by atoms with Crippen LogP contribution in [-0.2, 0) is 4.79 Å². The van der Waals surface area contributed by atoms with Crippen molar-refractivity contribution in [2.75, 3.05) is 13.1 Å². The maximum Gasteiger partial charge on any atom is 0.224 e. The molecule has 2 rings (SSSR count). The SMILES string of the molecule is CC(C)(C)NCCC(=O)N1CCCC1c1ccncc1. The normalized spacial score (nSPS) is 19.4. The van der Waals surface area contributed by atoms with Crippen molar-refractivity contribution in [3.8, 4) is 0 Å². The molecule has 1 atom stereocenters. The van der Waals surface area contributed by atoms with Crippen LogP contribution < -0.4 is 5.32 Å². The second-order valence-electron chi connectivity index (χ2n) is 6.45. The highest BCUT2D eigenvalue weighted by Gasteiger charge is 2.29. The third kappa shape index (κ3) is 4.04. The van der Waals surface area contributed by atoms with Gasteiger partial charge in [-0.3, -0.25) is 9.78 Å². The van der Waals surface area contributed by atoms with Crippen LogP contribution in [0.5, 0.6) is 0 Å². The maximum absolute atomic E-state index is 12.4. The van der Waals surface area contributed by atoms with Crippen LogP contribution in [0.3, 0.4) is 0 Å². The molecule has 0 saturated carbocycles. The highest BCUT2D eigenvalue weighted by Crippen LogP contribution is 2.31. The molecule has 1 N–H and O–H groups in total. The summed E-state index contributed by atoms with van der Waals surface area (Å²) in [6, 6.07) is 4.27. The molecule has 0 bridgehead atoms. The molecule has 2 heterocycles. The monoisotopic (exact) mass is 275 g/mol. The fourth-order valence-electron chi connectivity index (χ4n) is 2.69. The Kier molecular flexibility index (Phi) is 4.76. The minimum absolute atomic E-state index is 0.0653. The fraction of sp³-hybridized carbons (Fsp3) is 0.625. The predicted octanol–water partition coefficient (Wildman–Crippen LogP) is 2.52. The van der Waals surface area contributed by atoms with Crippen LogP contribution in [0.4, 0.5) is 0 Å². The Hall–Kier alpha value is -1.42. The van der Waals surface area contributed by atoms with Gasteiger partial charge in [0.05, 0.1) is 6.04 Å². The molecule has 0 radical (unpaired) electrons. The molecule has 0 aliphatic carbocycles. The Morgan fingerprint density at radius 2 is 2.10 bits per heavy atom. The minimum atomic E-state index is 0.0653. The number of carbonyl (C=O) groups excluding carboxylic acids is 1. The molecule has 1 aliphatic rings. The number of hydrogen-bond donors (Lipinski definition) is 1. The summed E-state index contributed by atoms with van der Waals surface area (Å²) in [6.07, 6.45) is 6.32. The third-order valence-corrected chi connectivity index (χ3v) is 3.66. The van der Waals surface area contributed by atoms with E-state index < -0.39 is 0 Å². The van der Waals surface area contributed by atoms with E-state index in [-0.39, 0.29) is 17.5 Å². The second kappa shape index (κ2) is 6.35. The average Bonchev–Trinajstić information content (AvgIpc) is 2.87. The lowest BCUT2D eigenvalue weighted by Crippen LogP contribution is -2.39. The van der Waals surface area contributed by atoms with Gasteiger partial charge in [-0.2, -0.15) is 0 Å². The number of amides is 1. The lowest BCUT2D eigenvalue weighted by atomic mass is 10.1. The van der Waals surface area contributed by atoms with Crippen molar-refractivity contribution in [3.05, 3.63) is 30.1 Å². The summed E-state index contributed by atoms with van der Waals surface area (Å²) in [5, 5.41) is 3.37. The zero-order valence-corrected chi connectivity index (χ0v) is 12.7. The zero-order valence-electron chi connectivity index (χ0n) is 12.7. The van der Waals surface area contributed by atoms with Crippen molar-refractivity contribution >= 4 is 5.91 Å². The number of hydrogen-bond acceptors (Lipinski definition) is 3. The molecular weight excluding hydrogens is 250 g/mol. The van der Waals surface area contributed by atoms with E-state index in [1.807, 2.05) is 17.0 Å². The second-order valence-corrected chi connectivity index (χ2v) is 6.45. The maximum atomic E-state index is 12.4. The molecule has 1 aromatic heterocycles. The third-order valence-electron chi connectivity index (χ3n) is 3.66. The largest absolute Gasteiger partial charge is 0.336 e. The topological polar surface area (TPSA) is 45.2 Å². The molecule has 1 aliphatic heterocycles. The van der Waals surface area contributed by atoms with Gasteiger partial charge in [0.1, 0.15) is 0 Å². The highest BCUT2D eigenvalue weighted by atomic mass is 16.2. The van der Waals surface area contributed by atoms with E-state index in [0.29, 0.717) is 6.42 Å². The Labute approximate surface area is 121 Å². The Balaban J connectivity index is 1.92. The number of carbonyl (C=O) groups is 1. The Morgan fingerprint density at radius 1 is 1.40 bits per heavy atom. The van der Waals surface area contributed by atoms with Gasteiger partial charge < -0.3 is 10.2 Å². The van der Waals surface area contributed by atoms with E-state index >= 15 is 0 Å². The van der Waals surface area contributed by atoms with E-state index in [0.717, 1.165) is 25.9 Å². The summed E-state index contributed by atoms with van der Waals surface area (Å²) in [5.41, 5.74) is 1.27. The van der Waals surface area contributed by atoms with Gasteiger partial charge in [0, 0.05) is 37.4 Å². The van der Waals surface area contributed by atoms with Gasteiger partial charge in [-0.05, 0) is 51.3 Å². The van der Waals surface area contributed by atoms with E-state index in [4.69, 9.17) is 0 Å². The van der Waals surface area contributed by atoms with Crippen molar-refractivity contribution in [1.29, 1.82) is 0 Å². The quantitative estimate of drug-likeness (QED) is 0.918. The summed E-state index contributed by atoms with van der Waals surface area (Å²) in [6.45, 7) is 7.97. The van der Waals surface area contributed by atoms with Crippen molar-refractivity contribution < 1.29 is 4.79 Å². The number of nitrogens with one attached hydrogen (secondary N) is 1. The van der Waals surface area contributed by atoms with Gasteiger partial charge in [-0.25, -0.2) is 0 Å². The van der Waals surface area contributed by atoms with Crippen LogP contribution >= 0.6 is 0 Å². The average molecular weight is 275 g/mol. The molecule has 110 valence electrons. The van der Waals surface area contributed by atoms with Crippen molar-refractivity contribution in [3.63, 3.8) is 0 Å². The minimum Gasteiger partial charge on any atom is -0.336 e. The standard InChI is InChI=1S/C16H25N3O/c1-16(2,3)18-11-8-15(20)19-12-4-5-14(19)13-6-9-17-10-7-13/h6-7,9-10,14,18H,4-5,8,11-12H2,1-3H3. The van der Waals surface area contributed by atoms with Crippen molar-refractivity contribution in [1.82, 2.24) is 15.2 Å². The number of likely N-dealkylation sites (tertiary alicyclic amines) is 1. The summed E-state index contributed by atoms with van der Waals surface area (Å²) >= 11 is 0. The zero-order chi connectivity index (χ0) is 14.6. The molecule has 4 heteroatoms. The molecule has 0 spiro atoms. The lowest BCUT2D eigenvalue weighted by Gasteiger charge is -2.26. The van der Waals surface area contributed by atoms with E-state index in [2.05, 4.69) is 31.1 Å². The van der Waals surface area contributed by atoms with Gasteiger partial charge in [0.2, 0.25) is 5.91 Å². The van der Waals surface area contributed by atoms with Crippen LogP contribution in [0.1, 0.15) is 51.6 Å². The molecular formula is C16H25N3O. The molecule has 1 saturated heterocycles. The van der Waals surface area contributed by atoms with Crippen LogP contribution in [-0.4, -0.2) is 34.4 Å². The number of nitrogens with zero attached hydrogens (tertiary/aromatic N) is 2. The molecule has 1 amide bonds. The van der Waals surface area contributed by atoms with Gasteiger partial charge in [0.15, 0.2) is 0 Å². The molecule has 1 aromatic rings. The summed E-state index contributed by atoms with van der Waals surface area (Å²) in [5.74, 6) is 0.251. The summed E-state index contributed by atoms with van der Waals surface area (Å²) < 4.78 is 0. The summed E-state index contributed by atoms with van der Waals surface area (Å²) in [7, 11) is 0. The summed E-state index contributed by atoms with van der Waals surface area (Å²) in [4.78, 5) is 18.5. The van der Waals surface area contributed by atoms with Crippen LogP contribution in [0.2, 0.25) is 0 Å². The lowest BCUT2D eigenvalue weighted by molar-refractivity contribution is -0.132. The molecule has 1 unspecified atom stereocenters. The van der Waals surface area contributed by atoms with Crippen LogP contribution in [0, 0.1) is 0 Å².